The molecule has 0 fully saturated rings. The number of aryl methyl sites for hydroxylation is 1. The predicted molar refractivity (Wildman–Crippen MR) is 111 cm³/mol. The molecular weight excluding hydrogens is 548 g/mol. The summed E-state index contributed by atoms with van der Waals surface area (Å²) < 4.78 is 107. The van der Waals surface area contributed by atoms with E-state index in [0.717, 1.165) is 17.4 Å². The SMILES string of the molecule is Cc1cnc(Sc2c(C(N)=O)cc([N+](=O)[O-])cc2-c2ncc(C(F)(F)C(F)(F)C(F)(F)F)cc2F)s1. The van der Waals surface area contributed by atoms with Gasteiger partial charge in [-0.05, 0) is 13.0 Å². The van der Waals surface area contributed by atoms with Gasteiger partial charge in [-0.3, -0.25) is 19.9 Å². The van der Waals surface area contributed by atoms with Crippen LogP contribution in [0.3, 0.4) is 0 Å². The summed E-state index contributed by atoms with van der Waals surface area (Å²) >= 11 is 1.79. The van der Waals surface area contributed by atoms with Crippen LogP contribution in [0.4, 0.5) is 40.8 Å². The zero-order valence-corrected chi connectivity index (χ0v) is 19.0. The number of primary amides is 1. The van der Waals surface area contributed by atoms with Crippen LogP contribution in [0, 0.1) is 22.9 Å². The number of hydrogen-bond donors (Lipinski definition) is 1. The molecule has 0 saturated carbocycles. The minimum atomic E-state index is -6.67. The number of nitro groups is 1. The van der Waals surface area contributed by atoms with Crippen molar-refractivity contribution >= 4 is 34.7 Å². The zero-order chi connectivity index (χ0) is 27.2. The quantitative estimate of drug-likeness (QED) is 0.213. The topological polar surface area (TPSA) is 112 Å². The van der Waals surface area contributed by atoms with Gasteiger partial charge < -0.3 is 5.73 Å². The Morgan fingerprint density at radius 1 is 1.08 bits per heavy atom. The van der Waals surface area contributed by atoms with E-state index in [2.05, 4.69) is 9.97 Å². The summed E-state index contributed by atoms with van der Waals surface area (Å²) in [4.78, 5) is 30.1. The van der Waals surface area contributed by atoms with Crippen molar-refractivity contribution in [1.82, 2.24) is 9.97 Å². The molecule has 1 aromatic carbocycles. The van der Waals surface area contributed by atoms with Gasteiger partial charge in [0, 0.05) is 45.4 Å². The lowest BCUT2D eigenvalue weighted by Gasteiger charge is -2.28. The highest BCUT2D eigenvalue weighted by atomic mass is 32.2. The van der Waals surface area contributed by atoms with Crippen molar-refractivity contribution in [3.63, 3.8) is 0 Å². The van der Waals surface area contributed by atoms with Crippen LogP contribution in [0.25, 0.3) is 11.3 Å². The van der Waals surface area contributed by atoms with E-state index in [0.29, 0.717) is 22.7 Å². The smallest absolute Gasteiger partial charge is 0.366 e. The summed E-state index contributed by atoms with van der Waals surface area (Å²) in [5, 5.41) is 11.3. The monoisotopic (exact) mass is 558 g/mol. The average molecular weight is 558 g/mol. The summed E-state index contributed by atoms with van der Waals surface area (Å²) in [6, 6.07) is 1.18. The van der Waals surface area contributed by atoms with Crippen molar-refractivity contribution in [2.45, 2.75) is 34.2 Å². The van der Waals surface area contributed by atoms with E-state index in [1.807, 2.05) is 0 Å². The van der Waals surface area contributed by atoms with Gasteiger partial charge in [-0.25, -0.2) is 9.37 Å². The number of halogens is 8. The first-order valence-electron chi connectivity index (χ1n) is 9.18. The third kappa shape index (κ3) is 4.84. The first-order valence-corrected chi connectivity index (χ1v) is 10.8. The first-order chi connectivity index (χ1) is 16.5. The summed E-state index contributed by atoms with van der Waals surface area (Å²) in [6.45, 7) is 1.67. The molecule has 0 spiro atoms. The minimum absolute atomic E-state index is 0.122. The molecule has 0 radical (unpaired) electrons. The average Bonchev–Trinajstić information content (AvgIpc) is 3.17. The van der Waals surface area contributed by atoms with Crippen molar-refractivity contribution in [3.8, 4) is 11.3 Å². The Balaban J connectivity index is 2.25. The van der Waals surface area contributed by atoms with E-state index in [4.69, 9.17) is 5.73 Å². The lowest BCUT2D eigenvalue weighted by molar-refractivity contribution is -0.384. The number of nitro benzene ring substituents is 1. The number of pyridine rings is 1. The number of nitrogens with two attached hydrogens (primary N) is 1. The van der Waals surface area contributed by atoms with Crippen molar-refractivity contribution in [1.29, 1.82) is 0 Å². The number of benzene rings is 1. The lowest BCUT2D eigenvalue weighted by Crippen LogP contribution is -2.50. The zero-order valence-electron chi connectivity index (χ0n) is 17.4. The Morgan fingerprint density at radius 3 is 2.19 bits per heavy atom. The molecule has 0 atom stereocenters. The van der Waals surface area contributed by atoms with Crippen molar-refractivity contribution in [2.75, 3.05) is 0 Å². The fourth-order valence-electron chi connectivity index (χ4n) is 2.82. The third-order valence-electron chi connectivity index (χ3n) is 4.55. The maximum absolute atomic E-state index is 14.9. The fourth-order valence-corrected chi connectivity index (χ4v) is 4.94. The second-order valence-corrected chi connectivity index (χ2v) is 9.52. The van der Waals surface area contributed by atoms with Gasteiger partial charge in [0.1, 0.15) is 11.5 Å². The molecule has 0 aliphatic rings. The minimum Gasteiger partial charge on any atom is -0.366 e. The first kappa shape index (κ1) is 27.3. The third-order valence-corrected chi connectivity index (χ3v) is 6.68. The molecule has 3 aromatic rings. The highest BCUT2D eigenvalue weighted by molar-refractivity contribution is 8.01. The van der Waals surface area contributed by atoms with Crippen LogP contribution in [-0.2, 0) is 5.92 Å². The van der Waals surface area contributed by atoms with Gasteiger partial charge in [-0.1, -0.05) is 11.8 Å². The highest BCUT2D eigenvalue weighted by Crippen LogP contribution is 2.52. The van der Waals surface area contributed by atoms with Crippen LogP contribution >= 0.6 is 23.1 Å². The molecule has 17 heteroatoms. The van der Waals surface area contributed by atoms with Crippen LogP contribution in [0.2, 0.25) is 0 Å². The van der Waals surface area contributed by atoms with Crippen LogP contribution in [0.5, 0.6) is 0 Å². The molecule has 36 heavy (non-hydrogen) atoms. The summed E-state index contributed by atoms with van der Waals surface area (Å²) in [5.74, 6) is -15.5. The maximum atomic E-state index is 14.9. The van der Waals surface area contributed by atoms with Gasteiger partial charge in [0.25, 0.3) is 5.69 Å². The molecule has 0 aliphatic heterocycles. The standard InChI is InChI=1S/C19H10F8N4O3S2/c1-7-5-30-16(35-7)36-14-10(3-9(31(33)34)4-11(14)15(28)32)13-12(20)2-8(6-29-13)17(21,22)18(23,24)19(25,26)27/h2-6H,1H3,(H2,28,32). The second kappa shape index (κ2) is 9.27. The number of thiazole rings is 1. The van der Waals surface area contributed by atoms with E-state index >= 15 is 0 Å². The largest absolute Gasteiger partial charge is 0.460 e. The summed E-state index contributed by atoms with van der Waals surface area (Å²) in [5.41, 5.74) is 0.416. The second-order valence-electron chi connectivity index (χ2n) is 7.03. The molecule has 0 aliphatic carbocycles. The number of aromatic nitrogens is 2. The van der Waals surface area contributed by atoms with E-state index in [1.54, 1.807) is 6.92 Å². The van der Waals surface area contributed by atoms with Crippen LogP contribution in [0.15, 0.2) is 39.8 Å². The molecule has 2 heterocycles. The molecule has 1 amide bonds. The Bertz CT molecular complexity index is 1360. The van der Waals surface area contributed by atoms with Crippen LogP contribution < -0.4 is 5.73 Å². The fraction of sp³-hybridized carbons (Fsp3) is 0.211. The molecule has 2 N–H and O–H groups in total. The number of alkyl halides is 7. The molecule has 7 nitrogen and oxygen atoms in total. The number of carbonyl (C=O) groups excluding carboxylic acids is 1. The van der Waals surface area contributed by atoms with Gasteiger partial charge >= 0.3 is 18.0 Å². The van der Waals surface area contributed by atoms with Crippen molar-refractivity contribution < 1.29 is 44.8 Å². The molecule has 0 unspecified atom stereocenters. The molecule has 0 bridgehead atoms. The van der Waals surface area contributed by atoms with Gasteiger partial charge in [0.05, 0.1) is 10.5 Å². The number of non-ortho nitro benzene ring substituents is 1. The Kier molecular flexibility index (Phi) is 7.02. The Morgan fingerprint density at radius 2 is 1.72 bits per heavy atom. The number of carbonyl (C=O) groups is 1. The molecule has 3 rings (SSSR count). The van der Waals surface area contributed by atoms with Crippen LogP contribution in [0.1, 0.15) is 20.8 Å². The van der Waals surface area contributed by atoms with Crippen molar-refractivity contribution in [2.24, 2.45) is 5.73 Å². The maximum Gasteiger partial charge on any atom is 0.460 e. The number of nitrogens with zero attached hydrogens (tertiary/aromatic N) is 3. The van der Waals surface area contributed by atoms with Gasteiger partial charge in [-0.15, -0.1) is 11.3 Å². The van der Waals surface area contributed by atoms with Gasteiger partial charge in [0.2, 0.25) is 5.91 Å². The normalized spacial score (nSPS) is 12.6. The number of hydrogen-bond acceptors (Lipinski definition) is 7. The van der Waals surface area contributed by atoms with E-state index in [-0.39, 0.29) is 21.5 Å². The summed E-state index contributed by atoms with van der Waals surface area (Å²) in [7, 11) is 0. The Labute approximate surface area is 203 Å². The van der Waals surface area contributed by atoms with E-state index in [9.17, 15) is 50.0 Å². The predicted octanol–water partition coefficient (Wildman–Crippen LogP) is 6.10. The molecule has 192 valence electrons. The number of rotatable bonds is 7. The number of amides is 1. The van der Waals surface area contributed by atoms with Gasteiger partial charge in [0.15, 0.2) is 4.34 Å². The molecule has 0 saturated heterocycles. The highest BCUT2D eigenvalue weighted by Gasteiger charge is 2.73. The molecular formula is C19H10F8N4O3S2. The van der Waals surface area contributed by atoms with Gasteiger partial charge in [-0.2, -0.15) is 30.7 Å². The van der Waals surface area contributed by atoms with E-state index in [1.165, 1.54) is 6.20 Å². The lowest BCUT2D eigenvalue weighted by atomic mass is 10.0. The summed E-state index contributed by atoms with van der Waals surface area (Å²) in [6.07, 6.45) is -5.36. The Hall–Kier alpha value is -3.34. The molecule has 2 aromatic heterocycles. The van der Waals surface area contributed by atoms with E-state index < -0.39 is 62.7 Å². The van der Waals surface area contributed by atoms with Crippen molar-refractivity contribution in [3.05, 3.63) is 62.5 Å². The van der Waals surface area contributed by atoms with Crippen LogP contribution in [-0.4, -0.2) is 32.9 Å².